The fraction of sp³-hybridized carbons (Fsp3) is 0.176. The molecule has 2 aromatic heterocycles. The van der Waals surface area contributed by atoms with Gasteiger partial charge in [0, 0.05) is 10.9 Å². The molecule has 0 spiro atoms. The number of benzene rings is 1. The quantitative estimate of drug-likeness (QED) is 0.730. The molecule has 3 rings (SSSR count). The first-order chi connectivity index (χ1) is 11.6. The molecule has 5 nitrogen and oxygen atoms in total. The molecular weight excluding hydrogens is 344 g/mol. The van der Waals surface area contributed by atoms with E-state index in [0.717, 1.165) is 22.6 Å². The second kappa shape index (κ2) is 7.02. The zero-order chi connectivity index (χ0) is 17.1. The van der Waals surface area contributed by atoms with E-state index < -0.39 is 0 Å². The molecule has 0 aliphatic carbocycles. The van der Waals surface area contributed by atoms with Crippen molar-refractivity contribution in [2.24, 2.45) is 0 Å². The first kappa shape index (κ1) is 16.5. The van der Waals surface area contributed by atoms with Crippen LogP contribution >= 0.6 is 22.7 Å². The highest BCUT2D eigenvalue weighted by atomic mass is 32.1. The lowest BCUT2D eigenvalue weighted by Gasteiger charge is -2.08. The molecule has 24 heavy (non-hydrogen) atoms. The highest BCUT2D eigenvalue weighted by Crippen LogP contribution is 2.35. The van der Waals surface area contributed by atoms with Crippen molar-refractivity contribution in [3.8, 4) is 22.8 Å². The van der Waals surface area contributed by atoms with Crippen LogP contribution in [0.5, 0.6) is 11.5 Å². The highest BCUT2D eigenvalue weighted by molar-refractivity contribution is 7.14. The van der Waals surface area contributed by atoms with E-state index in [4.69, 9.17) is 9.47 Å². The summed E-state index contributed by atoms with van der Waals surface area (Å²) in [5.41, 5.74) is 2.51. The molecule has 0 fully saturated rings. The molecule has 0 saturated heterocycles. The summed E-state index contributed by atoms with van der Waals surface area (Å²) in [6, 6.07) is 7.45. The van der Waals surface area contributed by atoms with Crippen molar-refractivity contribution < 1.29 is 14.3 Å². The third-order valence-corrected chi connectivity index (χ3v) is 5.25. The molecular formula is C17H16N2O3S2. The molecule has 0 aliphatic rings. The van der Waals surface area contributed by atoms with Gasteiger partial charge in [-0.05, 0) is 42.1 Å². The average molecular weight is 360 g/mol. The van der Waals surface area contributed by atoms with Crippen molar-refractivity contribution in [3.05, 3.63) is 45.5 Å². The van der Waals surface area contributed by atoms with Gasteiger partial charge in [-0.1, -0.05) is 0 Å². The Morgan fingerprint density at radius 3 is 2.67 bits per heavy atom. The number of ether oxygens (including phenoxy) is 2. The van der Waals surface area contributed by atoms with Gasteiger partial charge in [-0.3, -0.25) is 10.1 Å². The number of nitrogens with one attached hydrogen (secondary N) is 1. The molecule has 124 valence electrons. The summed E-state index contributed by atoms with van der Waals surface area (Å²) in [6.07, 6.45) is 0. The lowest BCUT2D eigenvalue weighted by Crippen LogP contribution is -2.11. The van der Waals surface area contributed by atoms with E-state index in [1.165, 1.54) is 22.7 Å². The predicted molar refractivity (Wildman–Crippen MR) is 97.7 cm³/mol. The van der Waals surface area contributed by atoms with E-state index in [-0.39, 0.29) is 5.91 Å². The van der Waals surface area contributed by atoms with Gasteiger partial charge < -0.3 is 9.47 Å². The second-order valence-electron chi connectivity index (χ2n) is 4.99. The van der Waals surface area contributed by atoms with Gasteiger partial charge in [-0.2, -0.15) is 0 Å². The Morgan fingerprint density at radius 1 is 1.17 bits per heavy atom. The van der Waals surface area contributed by atoms with Crippen molar-refractivity contribution >= 4 is 33.7 Å². The van der Waals surface area contributed by atoms with Crippen molar-refractivity contribution in [1.29, 1.82) is 0 Å². The van der Waals surface area contributed by atoms with Crippen LogP contribution in [-0.2, 0) is 0 Å². The van der Waals surface area contributed by atoms with Crippen LogP contribution in [0, 0.1) is 6.92 Å². The summed E-state index contributed by atoms with van der Waals surface area (Å²) in [7, 11) is 3.22. The summed E-state index contributed by atoms with van der Waals surface area (Å²) in [5, 5.41) is 7.18. The minimum Gasteiger partial charge on any atom is -0.497 e. The van der Waals surface area contributed by atoms with Crippen LogP contribution in [0.4, 0.5) is 5.13 Å². The smallest absolute Gasteiger partial charge is 0.267 e. The normalized spacial score (nSPS) is 10.5. The molecule has 0 unspecified atom stereocenters. The second-order valence-corrected chi connectivity index (χ2v) is 6.77. The van der Waals surface area contributed by atoms with Gasteiger partial charge in [0.05, 0.1) is 24.8 Å². The number of hydrogen-bond donors (Lipinski definition) is 1. The van der Waals surface area contributed by atoms with Crippen molar-refractivity contribution in [3.63, 3.8) is 0 Å². The number of thiazole rings is 1. The molecule has 0 radical (unpaired) electrons. The molecule has 0 bridgehead atoms. The molecule has 1 N–H and O–H groups in total. The topological polar surface area (TPSA) is 60.5 Å². The van der Waals surface area contributed by atoms with E-state index in [9.17, 15) is 4.79 Å². The molecule has 3 aromatic rings. The van der Waals surface area contributed by atoms with E-state index >= 15 is 0 Å². The average Bonchev–Trinajstić information content (AvgIpc) is 3.23. The largest absolute Gasteiger partial charge is 0.497 e. The van der Waals surface area contributed by atoms with Crippen LogP contribution in [0.2, 0.25) is 0 Å². The monoisotopic (exact) mass is 360 g/mol. The molecule has 2 heterocycles. The van der Waals surface area contributed by atoms with Gasteiger partial charge in [-0.15, -0.1) is 22.7 Å². The Hall–Kier alpha value is -2.38. The first-order valence-corrected chi connectivity index (χ1v) is 8.91. The Labute approximate surface area is 147 Å². The minimum atomic E-state index is -0.138. The molecule has 0 saturated carbocycles. The van der Waals surface area contributed by atoms with E-state index in [2.05, 4.69) is 10.3 Å². The van der Waals surface area contributed by atoms with Crippen LogP contribution in [0.15, 0.2) is 35.0 Å². The SMILES string of the molecule is COc1ccc(OC)c(-c2csc(NC(=O)c3sccc3C)n2)c1. The first-order valence-electron chi connectivity index (χ1n) is 7.15. The third kappa shape index (κ3) is 3.27. The van der Waals surface area contributed by atoms with Crippen molar-refractivity contribution in [2.75, 3.05) is 19.5 Å². The molecule has 0 atom stereocenters. The Kier molecular flexibility index (Phi) is 4.82. The molecule has 0 aliphatic heterocycles. The predicted octanol–water partition coefficient (Wildman–Crippen LogP) is 4.45. The Bertz CT molecular complexity index is 870. The number of carbonyl (C=O) groups excluding carboxylic acids is 1. The molecule has 1 aromatic carbocycles. The number of aryl methyl sites for hydroxylation is 1. The number of carbonyl (C=O) groups is 1. The summed E-state index contributed by atoms with van der Waals surface area (Å²) >= 11 is 2.79. The van der Waals surface area contributed by atoms with Crippen molar-refractivity contribution in [2.45, 2.75) is 6.92 Å². The van der Waals surface area contributed by atoms with Gasteiger partial charge in [-0.25, -0.2) is 4.98 Å². The number of rotatable bonds is 5. The maximum Gasteiger partial charge on any atom is 0.267 e. The third-order valence-electron chi connectivity index (χ3n) is 3.48. The van der Waals surface area contributed by atoms with Crippen LogP contribution in [0.25, 0.3) is 11.3 Å². The van der Waals surface area contributed by atoms with Crippen LogP contribution in [-0.4, -0.2) is 25.1 Å². The number of thiophene rings is 1. The summed E-state index contributed by atoms with van der Waals surface area (Å²) in [5.74, 6) is 1.28. The number of aromatic nitrogens is 1. The Morgan fingerprint density at radius 2 is 2.00 bits per heavy atom. The number of amides is 1. The van der Waals surface area contributed by atoms with E-state index in [1.54, 1.807) is 14.2 Å². The number of anilines is 1. The lowest BCUT2D eigenvalue weighted by molar-refractivity contribution is 0.103. The highest BCUT2D eigenvalue weighted by Gasteiger charge is 2.15. The van der Waals surface area contributed by atoms with Gasteiger partial charge in [0.1, 0.15) is 11.5 Å². The van der Waals surface area contributed by atoms with Gasteiger partial charge in [0.25, 0.3) is 5.91 Å². The zero-order valence-corrected chi connectivity index (χ0v) is 15.1. The summed E-state index contributed by atoms with van der Waals surface area (Å²) in [4.78, 5) is 17.5. The minimum absolute atomic E-state index is 0.138. The summed E-state index contributed by atoms with van der Waals surface area (Å²) in [6.45, 7) is 1.92. The zero-order valence-electron chi connectivity index (χ0n) is 13.5. The number of methoxy groups -OCH3 is 2. The van der Waals surface area contributed by atoms with Crippen LogP contribution in [0.3, 0.4) is 0 Å². The van der Waals surface area contributed by atoms with E-state index in [0.29, 0.717) is 15.8 Å². The standard InChI is InChI=1S/C17H16N2O3S2/c1-10-6-7-23-15(10)16(20)19-17-18-13(9-24-17)12-8-11(21-2)4-5-14(12)22-3/h4-9H,1-3H3,(H,18,19,20). The van der Waals surface area contributed by atoms with Gasteiger partial charge in [0.2, 0.25) is 0 Å². The number of nitrogens with zero attached hydrogens (tertiary/aromatic N) is 1. The summed E-state index contributed by atoms with van der Waals surface area (Å²) < 4.78 is 10.6. The van der Waals surface area contributed by atoms with Gasteiger partial charge in [0.15, 0.2) is 5.13 Å². The van der Waals surface area contributed by atoms with Gasteiger partial charge >= 0.3 is 0 Å². The Balaban J connectivity index is 1.86. The lowest BCUT2D eigenvalue weighted by atomic mass is 10.1. The number of hydrogen-bond acceptors (Lipinski definition) is 6. The maximum absolute atomic E-state index is 12.3. The maximum atomic E-state index is 12.3. The fourth-order valence-electron chi connectivity index (χ4n) is 2.23. The van der Waals surface area contributed by atoms with Crippen LogP contribution < -0.4 is 14.8 Å². The van der Waals surface area contributed by atoms with Crippen LogP contribution in [0.1, 0.15) is 15.2 Å². The molecule has 1 amide bonds. The fourth-order valence-corrected chi connectivity index (χ4v) is 3.75. The van der Waals surface area contributed by atoms with Crippen molar-refractivity contribution in [1.82, 2.24) is 4.98 Å². The van der Waals surface area contributed by atoms with E-state index in [1.807, 2.05) is 41.9 Å². The molecule has 7 heteroatoms.